The monoisotopic (exact) mass is 328 g/mol. The lowest BCUT2D eigenvalue weighted by atomic mass is 9.98. The summed E-state index contributed by atoms with van der Waals surface area (Å²) in [4.78, 5) is 16.3. The van der Waals surface area contributed by atoms with E-state index in [1.165, 1.54) is 12.1 Å². The first-order valence-electron chi connectivity index (χ1n) is 8.28. The maximum atomic E-state index is 13.2. The minimum atomic E-state index is -0.283. The highest BCUT2D eigenvalue weighted by Crippen LogP contribution is 2.27. The summed E-state index contributed by atoms with van der Waals surface area (Å²) in [7, 11) is 0. The Morgan fingerprint density at radius 1 is 1.25 bits per heavy atom. The third-order valence-corrected chi connectivity index (χ3v) is 4.27. The molecule has 4 nitrogen and oxygen atoms in total. The van der Waals surface area contributed by atoms with Crippen molar-refractivity contribution in [2.24, 2.45) is 0 Å². The van der Waals surface area contributed by atoms with Crippen molar-refractivity contribution in [3.63, 3.8) is 0 Å². The van der Waals surface area contributed by atoms with Crippen LogP contribution in [0.15, 0.2) is 48.8 Å². The molecule has 24 heavy (non-hydrogen) atoms. The Hall–Kier alpha value is -2.27. The second kappa shape index (κ2) is 8.02. The molecular formula is C19H21FN2O2. The van der Waals surface area contributed by atoms with Crippen molar-refractivity contribution in [1.29, 1.82) is 0 Å². The molecule has 1 aliphatic heterocycles. The number of amides is 1. The summed E-state index contributed by atoms with van der Waals surface area (Å²) in [6.07, 6.45) is 6.33. The standard InChI is InChI=1S/C19H21FN2O2/c20-16-6-4-15(5-7-16)19(17-2-1-13-24-17)22-18(23)8-3-14-9-11-21-12-10-14/h4-7,9-12,17,19H,1-3,8,13H2,(H,22,23)/t17-,19-/m1/s1. The fourth-order valence-electron chi connectivity index (χ4n) is 2.98. The molecule has 1 fully saturated rings. The molecule has 3 rings (SSSR count). The number of pyridine rings is 1. The molecule has 5 heteroatoms. The highest BCUT2D eigenvalue weighted by Gasteiger charge is 2.28. The molecule has 0 radical (unpaired) electrons. The maximum Gasteiger partial charge on any atom is 0.220 e. The molecule has 1 aliphatic rings. The fourth-order valence-corrected chi connectivity index (χ4v) is 2.98. The van der Waals surface area contributed by atoms with Crippen LogP contribution in [0.3, 0.4) is 0 Å². The lowest BCUT2D eigenvalue weighted by Gasteiger charge is -2.25. The minimum absolute atomic E-state index is 0.0309. The number of benzene rings is 1. The van der Waals surface area contributed by atoms with E-state index in [9.17, 15) is 9.18 Å². The molecule has 2 heterocycles. The Morgan fingerprint density at radius 3 is 2.67 bits per heavy atom. The lowest BCUT2D eigenvalue weighted by molar-refractivity contribution is -0.122. The van der Waals surface area contributed by atoms with E-state index in [0.29, 0.717) is 19.4 Å². The predicted molar refractivity (Wildman–Crippen MR) is 88.8 cm³/mol. The number of nitrogens with one attached hydrogen (secondary N) is 1. The zero-order valence-electron chi connectivity index (χ0n) is 13.5. The van der Waals surface area contributed by atoms with Gasteiger partial charge in [0.1, 0.15) is 5.82 Å². The molecule has 2 aromatic rings. The van der Waals surface area contributed by atoms with Gasteiger partial charge in [0.25, 0.3) is 0 Å². The molecule has 126 valence electrons. The quantitative estimate of drug-likeness (QED) is 0.886. The van der Waals surface area contributed by atoms with Gasteiger partial charge in [-0.05, 0) is 54.7 Å². The van der Waals surface area contributed by atoms with Crippen LogP contribution in [-0.2, 0) is 16.0 Å². The third kappa shape index (κ3) is 4.38. The van der Waals surface area contributed by atoms with E-state index < -0.39 is 0 Å². The van der Waals surface area contributed by atoms with Crippen molar-refractivity contribution < 1.29 is 13.9 Å². The molecule has 0 aliphatic carbocycles. The normalized spacial score (nSPS) is 18.3. The van der Waals surface area contributed by atoms with E-state index in [4.69, 9.17) is 4.74 Å². The first kappa shape index (κ1) is 16.6. The van der Waals surface area contributed by atoms with Gasteiger partial charge in [-0.3, -0.25) is 9.78 Å². The SMILES string of the molecule is O=C(CCc1ccncc1)N[C@H](c1ccc(F)cc1)[C@H]1CCCO1. The van der Waals surface area contributed by atoms with Gasteiger partial charge >= 0.3 is 0 Å². The highest BCUT2D eigenvalue weighted by atomic mass is 19.1. The number of hydrogen-bond donors (Lipinski definition) is 1. The number of rotatable bonds is 6. The number of carbonyl (C=O) groups is 1. The summed E-state index contributed by atoms with van der Waals surface area (Å²) in [5, 5.41) is 3.06. The van der Waals surface area contributed by atoms with Gasteiger partial charge in [-0.15, -0.1) is 0 Å². The molecule has 0 spiro atoms. The van der Waals surface area contributed by atoms with Gasteiger partial charge in [-0.1, -0.05) is 12.1 Å². The first-order chi connectivity index (χ1) is 11.7. The largest absolute Gasteiger partial charge is 0.376 e. The molecule has 1 amide bonds. The number of halogens is 1. The Balaban J connectivity index is 1.64. The van der Waals surface area contributed by atoms with Gasteiger partial charge in [0, 0.05) is 25.4 Å². The Morgan fingerprint density at radius 2 is 2.00 bits per heavy atom. The average molecular weight is 328 g/mol. The molecule has 0 unspecified atom stereocenters. The Kier molecular flexibility index (Phi) is 5.54. The summed E-state index contributed by atoms with van der Waals surface area (Å²) >= 11 is 0. The molecule has 0 saturated carbocycles. The van der Waals surface area contributed by atoms with E-state index in [2.05, 4.69) is 10.3 Å². The fraction of sp³-hybridized carbons (Fsp3) is 0.368. The van der Waals surface area contributed by atoms with E-state index in [1.54, 1.807) is 24.5 Å². The number of aryl methyl sites for hydroxylation is 1. The lowest BCUT2D eigenvalue weighted by Crippen LogP contribution is -2.36. The molecule has 1 N–H and O–H groups in total. The molecule has 2 atom stereocenters. The average Bonchev–Trinajstić information content (AvgIpc) is 3.14. The summed E-state index contributed by atoms with van der Waals surface area (Å²) < 4.78 is 18.9. The Bertz CT molecular complexity index is 655. The van der Waals surface area contributed by atoms with Crippen molar-refractivity contribution in [3.8, 4) is 0 Å². The number of ether oxygens (including phenoxy) is 1. The topological polar surface area (TPSA) is 51.2 Å². The van der Waals surface area contributed by atoms with Crippen molar-refractivity contribution in [2.45, 2.75) is 37.8 Å². The van der Waals surface area contributed by atoms with Crippen molar-refractivity contribution in [3.05, 3.63) is 65.7 Å². The number of nitrogens with zero attached hydrogens (tertiary/aromatic N) is 1. The molecule has 0 bridgehead atoms. The van der Waals surface area contributed by atoms with Crippen LogP contribution in [0.4, 0.5) is 4.39 Å². The number of hydrogen-bond acceptors (Lipinski definition) is 3. The highest BCUT2D eigenvalue weighted by molar-refractivity contribution is 5.76. The zero-order chi connectivity index (χ0) is 16.8. The molecule has 1 aromatic carbocycles. The van der Waals surface area contributed by atoms with Crippen LogP contribution >= 0.6 is 0 Å². The van der Waals surface area contributed by atoms with Gasteiger partial charge in [0.15, 0.2) is 0 Å². The van der Waals surface area contributed by atoms with Crippen LogP contribution in [0.25, 0.3) is 0 Å². The van der Waals surface area contributed by atoms with Crippen molar-refractivity contribution >= 4 is 5.91 Å². The predicted octanol–water partition coefficient (Wildman–Crippen LogP) is 3.19. The van der Waals surface area contributed by atoms with E-state index >= 15 is 0 Å². The van der Waals surface area contributed by atoms with Crippen LogP contribution in [-0.4, -0.2) is 23.6 Å². The smallest absolute Gasteiger partial charge is 0.220 e. The van der Waals surface area contributed by atoms with Gasteiger partial charge in [-0.25, -0.2) is 4.39 Å². The molecule has 1 aromatic heterocycles. The van der Waals surface area contributed by atoms with E-state index in [-0.39, 0.29) is 23.9 Å². The van der Waals surface area contributed by atoms with Gasteiger partial charge in [0.2, 0.25) is 5.91 Å². The summed E-state index contributed by atoms with van der Waals surface area (Å²) in [6, 6.07) is 9.84. The second-order valence-corrected chi connectivity index (χ2v) is 6.00. The van der Waals surface area contributed by atoms with E-state index in [0.717, 1.165) is 24.0 Å². The number of aromatic nitrogens is 1. The van der Waals surface area contributed by atoms with Crippen molar-refractivity contribution in [1.82, 2.24) is 10.3 Å². The third-order valence-electron chi connectivity index (χ3n) is 4.27. The van der Waals surface area contributed by atoms with E-state index in [1.807, 2.05) is 12.1 Å². The Labute approximate surface area is 141 Å². The molecule has 1 saturated heterocycles. The van der Waals surface area contributed by atoms with Crippen LogP contribution in [0.1, 0.15) is 36.4 Å². The van der Waals surface area contributed by atoms with Gasteiger partial charge in [0.05, 0.1) is 12.1 Å². The summed E-state index contributed by atoms with van der Waals surface area (Å²) in [5.41, 5.74) is 1.95. The molecular weight excluding hydrogens is 307 g/mol. The first-order valence-corrected chi connectivity index (χ1v) is 8.28. The maximum absolute atomic E-state index is 13.2. The zero-order valence-corrected chi connectivity index (χ0v) is 13.5. The summed E-state index contributed by atoms with van der Waals surface area (Å²) in [6.45, 7) is 0.704. The number of carbonyl (C=O) groups excluding carboxylic acids is 1. The van der Waals surface area contributed by atoms with Crippen LogP contribution in [0.5, 0.6) is 0 Å². The minimum Gasteiger partial charge on any atom is -0.376 e. The van der Waals surface area contributed by atoms with Crippen LogP contribution in [0.2, 0.25) is 0 Å². The van der Waals surface area contributed by atoms with Crippen LogP contribution < -0.4 is 5.32 Å². The van der Waals surface area contributed by atoms with Gasteiger partial charge < -0.3 is 10.1 Å². The second-order valence-electron chi connectivity index (χ2n) is 6.00. The van der Waals surface area contributed by atoms with Gasteiger partial charge in [-0.2, -0.15) is 0 Å². The van der Waals surface area contributed by atoms with Crippen molar-refractivity contribution in [2.75, 3.05) is 6.61 Å². The van der Waals surface area contributed by atoms with Crippen LogP contribution in [0, 0.1) is 5.82 Å². The summed E-state index contributed by atoms with van der Waals surface area (Å²) in [5.74, 6) is -0.314.